The van der Waals surface area contributed by atoms with E-state index in [4.69, 9.17) is 9.05 Å². The van der Waals surface area contributed by atoms with Gasteiger partial charge in [0.1, 0.15) is 13.2 Å². The van der Waals surface area contributed by atoms with Crippen molar-refractivity contribution in [3.8, 4) is 0 Å². The Morgan fingerprint density at radius 2 is 0.721 bits per heavy atom. The first-order valence-electron chi connectivity index (χ1n) is 30.4. The molecule has 0 aromatic rings. The van der Waals surface area contributed by atoms with Crippen LogP contribution in [0.1, 0.15) is 322 Å². The molecular formula is C59H121N2O6P. The van der Waals surface area contributed by atoms with Crippen molar-refractivity contribution in [2.24, 2.45) is 0 Å². The molecule has 0 spiro atoms. The molecule has 0 aromatic heterocycles. The van der Waals surface area contributed by atoms with Gasteiger partial charge >= 0.3 is 0 Å². The molecule has 0 radical (unpaired) electrons. The van der Waals surface area contributed by atoms with Crippen molar-refractivity contribution in [3.05, 3.63) is 0 Å². The molecule has 3 unspecified atom stereocenters. The summed E-state index contributed by atoms with van der Waals surface area (Å²) in [6.07, 6.45) is 61.8. The fourth-order valence-electron chi connectivity index (χ4n) is 9.57. The van der Waals surface area contributed by atoms with Gasteiger partial charge in [-0.2, -0.15) is 0 Å². The summed E-state index contributed by atoms with van der Waals surface area (Å²) in [5.41, 5.74) is 0. The number of rotatable bonds is 57. The summed E-state index contributed by atoms with van der Waals surface area (Å²) >= 11 is 0. The molecule has 0 heterocycles. The van der Waals surface area contributed by atoms with Crippen LogP contribution >= 0.6 is 7.82 Å². The number of hydrogen-bond acceptors (Lipinski definition) is 6. The summed E-state index contributed by atoms with van der Waals surface area (Å²) in [4.78, 5) is 25.4. The molecule has 408 valence electrons. The van der Waals surface area contributed by atoms with Gasteiger partial charge in [-0.15, -0.1) is 0 Å². The van der Waals surface area contributed by atoms with E-state index in [1.54, 1.807) is 0 Å². The Morgan fingerprint density at radius 3 is 1.00 bits per heavy atom. The van der Waals surface area contributed by atoms with Crippen molar-refractivity contribution in [1.82, 2.24) is 5.32 Å². The lowest BCUT2D eigenvalue weighted by molar-refractivity contribution is -0.870. The zero-order valence-electron chi connectivity index (χ0n) is 46.6. The van der Waals surface area contributed by atoms with E-state index in [0.29, 0.717) is 23.9 Å². The topological polar surface area (TPSA) is 108 Å². The average molecular weight is 986 g/mol. The molecule has 8 nitrogen and oxygen atoms in total. The molecule has 3 atom stereocenters. The van der Waals surface area contributed by atoms with Crippen LogP contribution in [0, 0.1) is 0 Å². The number of nitrogens with zero attached hydrogens (tertiary/aromatic N) is 1. The van der Waals surface area contributed by atoms with E-state index in [0.717, 1.165) is 38.5 Å². The third kappa shape index (κ3) is 53.3. The molecule has 0 bridgehead atoms. The lowest BCUT2D eigenvalue weighted by Gasteiger charge is -2.30. The number of carbonyl (C=O) groups is 1. The number of quaternary nitrogens is 1. The van der Waals surface area contributed by atoms with Crippen molar-refractivity contribution in [2.45, 2.75) is 334 Å². The third-order valence-electron chi connectivity index (χ3n) is 14.3. The van der Waals surface area contributed by atoms with Gasteiger partial charge in [-0.25, -0.2) is 0 Å². The number of hydrogen-bond donors (Lipinski definition) is 2. The summed E-state index contributed by atoms with van der Waals surface area (Å²) in [7, 11) is 1.32. The first kappa shape index (κ1) is 67.5. The molecular weight excluding hydrogens is 864 g/mol. The summed E-state index contributed by atoms with van der Waals surface area (Å²) in [6.45, 7) is 4.75. The van der Waals surface area contributed by atoms with Crippen molar-refractivity contribution in [3.63, 3.8) is 0 Å². The van der Waals surface area contributed by atoms with Crippen molar-refractivity contribution < 1.29 is 32.9 Å². The van der Waals surface area contributed by atoms with E-state index < -0.39 is 20.0 Å². The largest absolute Gasteiger partial charge is 0.756 e. The van der Waals surface area contributed by atoms with Gasteiger partial charge in [0.15, 0.2) is 0 Å². The highest BCUT2D eigenvalue weighted by Crippen LogP contribution is 2.38. The zero-order valence-corrected chi connectivity index (χ0v) is 47.5. The van der Waals surface area contributed by atoms with Crippen LogP contribution in [0.15, 0.2) is 0 Å². The zero-order chi connectivity index (χ0) is 49.9. The number of phosphoric ester groups is 1. The molecule has 0 aliphatic carbocycles. The van der Waals surface area contributed by atoms with E-state index in [-0.39, 0.29) is 19.1 Å². The standard InChI is InChI=1S/C59H121N2O6P/c1-6-8-10-12-14-16-18-19-20-21-22-23-24-25-26-27-28-29-30-31-32-33-34-35-36-37-38-39-40-41-42-43-45-47-49-51-53-59(63)60-57(56-67-68(64,65)66-55-54-61(3,4)5)58(62)52-50-48-46-44-17-15-13-11-9-7-2/h57-58,62H,6-56H2,1-5H3,(H-,60,63,64,65). The Hall–Kier alpha value is -0.500. The maximum absolute atomic E-state index is 12.9. The Balaban J connectivity index is 3.79. The van der Waals surface area contributed by atoms with Crippen molar-refractivity contribution in [2.75, 3.05) is 40.9 Å². The minimum atomic E-state index is -4.56. The number of aliphatic hydroxyl groups excluding tert-OH is 1. The smallest absolute Gasteiger partial charge is 0.268 e. The molecule has 0 fully saturated rings. The Labute approximate surface area is 425 Å². The van der Waals surface area contributed by atoms with Crippen LogP contribution in [-0.4, -0.2) is 68.5 Å². The first-order valence-corrected chi connectivity index (χ1v) is 31.8. The number of unbranched alkanes of at least 4 members (excludes halogenated alkanes) is 44. The van der Waals surface area contributed by atoms with Crippen LogP contribution in [0.3, 0.4) is 0 Å². The van der Waals surface area contributed by atoms with Gasteiger partial charge in [-0.3, -0.25) is 9.36 Å². The number of likely N-dealkylation sites (N-methyl/N-ethyl adjacent to an activating group) is 1. The normalized spacial score (nSPS) is 13.8. The lowest BCUT2D eigenvalue weighted by atomic mass is 10.0. The highest BCUT2D eigenvalue weighted by Gasteiger charge is 2.24. The molecule has 0 saturated heterocycles. The Morgan fingerprint density at radius 1 is 0.456 bits per heavy atom. The second-order valence-electron chi connectivity index (χ2n) is 22.4. The minimum Gasteiger partial charge on any atom is -0.756 e. The molecule has 0 rings (SSSR count). The van der Waals surface area contributed by atoms with E-state index in [1.165, 1.54) is 257 Å². The number of amides is 1. The monoisotopic (exact) mass is 985 g/mol. The first-order chi connectivity index (χ1) is 33.0. The molecule has 68 heavy (non-hydrogen) atoms. The minimum absolute atomic E-state index is 0.0161. The van der Waals surface area contributed by atoms with Gasteiger partial charge < -0.3 is 28.8 Å². The van der Waals surface area contributed by atoms with Crippen LogP contribution in [0.2, 0.25) is 0 Å². The van der Waals surface area contributed by atoms with Crippen LogP contribution in [0.4, 0.5) is 0 Å². The number of carbonyl (C=O) groups excluding carboxylic acids is 1. The summed E-state index contributed by atoms with van der Waals surface area (Å²) in [5.74, 6) is -0.159. The third-order valence-corrected chi connectivity index (χ3v) is 15.3. The van der Waals surface area contributed by atoms with Crippen LogP contribution in [0.5, 0.6) is 0 Å². The van der Waals surface area contributed by atoms with E-state index in [1.807, 2.05) is 21.1 Å². The number of phosphoric acid groups is 1. The predicted molar refractivity (Wildman–Crippen MR) is 293 cm³/mol. The predicted octanol–water partition coefficient (Wildman–Crippen LogP) is 17.8. The van der Waals surface area contributed by atoms with Gasteiger partial charge in [0.2, 0.25) is 5.91 Å². The maximum atomic E-state index is 12.9. The Kier molecular flexibility index (Phi) is 51.0. The Bertz CT molecular complexity index is 1070. The lowest BCUT2D eigenvalue weighted by Crippen LogP contribution is -2.46. The fourth-order valence-corrected chi connectivity index (χ4v) is 10.3. The van der Waals surface area contributed by atoms with Gasteiger partial charge in [-0.1, -0.05) is 303 Å². The van der Waals surface area contributed by atoms with Crippen LogP contribution in [-0.2, 0) is 18.4 Å². The second kappa shape index (κ2) is 51.4. The summed E-state index contributed by atoms with van der Waals surface area (Å²) in [6, 6.07) is -0.793. The van der Waals surface area contributed by atoms with Crippen molar-refractivity contribution in [1.29, 1.82) is 0 Å². The van der Waals surface area contributed by atoms with E-state index >= 15 is 0 Å². The molecule has 0 aromatic carbocycles. The fraction of sp³-hybridized carbons (Fsp3) is 0.983. The number of nitrogens with one attached hydrogen (secondary N) is 1. The SMILES string of the molecule is CCCCCCCCCCCCCCCCCCCCCCCCCCCCCCCCCCCCCCC(=O)NC(COP(=O)([O-])OCC[N+](C)(C)C)C(O)CCCCCCCCCCCC. The van der Waals surface area contributed by atoms with Gasteiger partial charge in [0, 0.05) is 6.42 Å². The summed E-state index contributed by atoms with van der Waals surface area (Å²) < 4.78 is 23.3. The quantitative estimate of drug-likeness (QED) is 0.0357. The van der Waals surface area contributed by atoms with Gasteiger partial charge in [-0.05, 0) is 12.8 Å². The molecule has 0 aliphatic heterocycles. The van der Waals surface area contributed by atoms with Crippen LogP contribution < -0.4 is 10.2 Å². The molecule has 1 amide bonds. The van der Waals surface area contributed by atoms with Gasteiger partial charge in [0.05, 0.1) is 39.9 Å². The molecule has 2 N–H and O–H groups in total. The number of aliphatic hydroxyl groups is 1. The highest BCUT2D eigenvalue weighted by atomic mass is 31.2. The molecule has 0 saturated carbocycles. The van der Waals surface area contributed by atoms with Gasteiger partial charge in [0.25, 0.3) is 7.82 Å². The van der Waals surface area contributed by atoms with E-state index in [9.17, 15) is 19.4 Å². The summed E-state index contributed by atoms with van der Waals surface area (Å²) in [5, 5.41) is 13.9. The maximum Gasteiger partial charge on any atom is 0.268 e. The highest BCUT2D eigenvalue weighted by molar-refractivity contribution is 7.45. The second-order valence-corrected chi connectivity index (χ2v) is 23.8. The molecule has 9 heteroatoms. The molecule has 0 aliphatic rings. The average Bonchev–Trinajstić information content (AvgIpc) is 3.30. The van der Waals surface area contributed by atoms with Crippen LogP contribution in [0.25, 0.3) is 0 Å². The van der Waals surface area contributed by atoms with Crippen molar-refractivity contribution >= 4 is 13.7 Å². The van der Waals surface area contributed by atoms with E-state index in [2.05, 4.69) is 19.2 Å².